The Hall–Kier alpha value is -2.91. The van der Waals surface area contributed by atoms with Crippen molar-refractivity contribution < 1.29 is 19.0 Å². The van der Waals surface area contributed by atoms with Crippen molar-refractivity contribution in [2.24, 2.45) is 5.73 Å². The summed E-state index contributed by atoms with van der Waals surface area (Å²) in [6, 6.07) is 5.44. The second-order valence-electron chi connectivity index (χ2n) is 6.17. The Morgan fingerprint density at radius 1 is 1.48 bits per heavy atom. The highest BCUT2D eigenvalue weighted by atomic mass is 35.5. The Morgan fingerprint density at radius 3 is 2.93 bits per heavy atom. The third kappa shape index (κ3) is 3.38. The Bertz CT molecular complexity index is 911. The van der Waals surface area contributed by atoms with E-state index in [1.807, 2.05) is 0 Å². The first-order valence-corrected chi connectivity index (χ1v) is 8.84. The maximum atomic E-state index is 12.6. The van der Waals surface area contributed by atoms with Crippen molar-refractivity contribution in [3.8, 4) is 17.6 Å². The number of rotatable bonds is 5. The Morgan fingerprint density at radius 2 is 2.26 bits per heavy atom. The maximum Gasteiger partial charge on any atom is 0.205 e. The van der Waals surface area contributed by atoms with Crippen molar-refractivity contribution >= 4 is 17.4 Å². The summed E-state index contributed by atoms with van der Waals surface area (Å²) in [6.07, 6.45) is 3.29. The molecule has 6 nitrogen and oxygen atoms in total. The lowest BCUT2D eigenvalue weighted by molar-refractivity contribution is -0.116. The summed E-state index contributed by atoms with van der Waals surface area (Å²) in [5.41, 5.74) is 7.23. The van der Waals surface area contributed by atoms with Gasteiger partial charge >= 0.3 is 0 Å². The zero-order valence-electron chi connectivity index (χ0n) is 14.9. The van der Waals surface area contributed by atoms with Gasteiger partial charge < -0.3 is 19.9 Å². The molecular formula is C20H19ClN2O4. The van der Waals surface area contributed by atoms with Gasteiger partial charge in [0.05, 0.1) is 18.1 Å². The predicted molar refractivity (Wildman–Crippen MR) is 100 cm³/mol. The summed E-state index contributed by atoms with van der Waals surface area (Å²) in [5.74, 6) is 0.601. The number of carbonyl (C=O) groups excluding carboxylic acids is 1. The van der Waals surface area contributed by atoms with Crippen LogP contribution in [0, 0.1) is 11.3 Å². The summed E-state index contributed by atoms with van der Waals surface area (Å²) < 4.78 is 16.6. The lowest BCUT2D eigenvalue weighted by atomic mass is 9.77. The number of benzene rings is 1. The molecule has 2 aliphatic rings. The average molecular weight is 387 g/mol. The van der Waals surface area contributed by atoms with Gasteiger partial charge in [-0.05, 0) is 24.1 Å². The van der Waals surface area contributed by atoms with Gasteiger partial charge in [0.25, 0.3) is 0 Å². The molecule has 0 aromatic heterocycles. The van der Waals surface area contributed by atoms with Crippen LogP contribution in [0.3, 0.4) is 0 Å². The van der Waals surface area contributed by atoms with E-state index in [4.69, 9.17) is 31.5 Å². The number of hydrogen-bond donors (Lipinski definition) is 1. The van der Waals surface area contributed by atoms with Crippen LogP contribution in [0.5, 0.6) is 11.5 Å². The minimum absolute atomic E-state index is 0.0121. The normalized spacial score (nSPS) is 19.1. The topological polar surface area (TPSA) is 94.6 Å². The summed E-state index contributed by atoms with van der Waals surface area (Å²) in [5, 5.41) is 9.94. The zero-order chi connectivity index (χ0) is 19.6. The van der Waals surface area contributed by atoms with Crippen molar-refractivity contribution in [3.05, 3.63) is 58.2 Å². The molecule has 1 aromatic rings. The van der Waals surface area contributed by atoms with E-state index in [1.165, 1.54) is 7.11 Å². The molecule has 1 aliphatic heterocycles. The fourth-order valence-corrected chi connectivity index (χ4v) is 3.65. The molecule has 0 radical (unpaired) electrons. The lowest BCUT2D eigenvalue weighted by Gasteiger charge is -2.31. The van der Waals surface area contributed by atoms with E-state index >= 15 is 0 Å². The van der Waals surface area contributed by atoms with Crippen LogP contribution in [0.15, 0.2) is 47.6 Å². The molecule has 0 saturated heterocycles. The van der Waals surface area contributed by atoms with Crippen LogP contribution >= 0.6 is 11.6 Å². The van der Waals surface area contributed by atoms with E-state index in [-0.39, 0.29) is 23.8 Å². The Kier molecular flexibility index (Phi) is 5.43. The second kappa shape index (κ2) is 7.77. The monoisotopic (exact) mass is 386 g/mol. The molecule has 2 N–H and O–H groups in total. The molecule has 0 saturated carbocycles. The van der Waals surface area contributed by atoms with Gasteiger partial charge in [-0.1, -0.05) is 24.3 Å². The number of hydrogen-bond acceptors (Lipinski definition) is 6. The number of halogens is 1. The molecule has 140 valence electrons. The average Bonchev–Trinajstić information content (AvgIpc) is 2.65. The third-order valence-electron chi connectivity index (χ3n) is 4.54. The number of ketones is 1. The highest BCUT2D eigenvalue weighted by Crippen LogP contribution is 2.46. The largest absolute Gasteiger partial charge is 0.493 e. The molecule has 0 unspecified atom stereocenters. The van der Waals surface area contributed by atoms with Crippen LogP contribution < -0.4 is 15.2 Å². The molecule has 3 rings (SSSR count). The number of carbonyl (C=O) groups is 1. The lowest BCUT2D eigenvalue weighted by Crippen LogP contribution is -2.27. The number of Topliss-reactive ketones (excluding diaryl/α,β-unsaturated/α-hetero) is 1. The van der Waals surface area contributed by atoms with E-state index in [2.05, 4.69) is 12.6 Å². The molecule has 1 aromatic carbocycles. The van der Waals surface area contributed by atoms with Gasteiger partial charge in [-0.15, -0.1) is 0 Å². The van der Waals surface area contributed by atoms with Crippen LogP contribution in [0.4, 0.5) is 0 Å². The first-order chi connectivity index (χ1) is 13.0. The molecule has 0 fully saturated rings. The summed E-state index contributed by atoms with van der Waals surface area (Å²) in [6.45, 7) is 3.87. The molecule has 0 bridgehead atoms. The molecule has 0 amide bonds. The summed E-state index contributed by atoms with van der Waals surface area (Å²) in [4.78, 5) is 12.6. The third-order valence-corrected chi connectivity index (χ3v) is 4.82. The maximum absolute atomic E-state index is 12.6. The van der Waals surface area contributed by atoms with Crippen molar-refractivity contribution in [3.63, 3.8) is 0 Å². The minimum atomic E-state index is -0.647. The smallest absolute Gasteiger partial charge is 0.205 e. The minimum Gasteiger partial charge on any atom is -0.493 e. The van der Waals surface area contributed by atoms with E-state index in [9.17, 15) is 10.1 Å². The Balaban J connectivity index is 2.17. The van der Waals surface area contributed by atoms with Crippen molar-refractivity contribution in [2.45, 2.75) is 25.2 Å². The summed E-state index contributed by atoms with van der Waals surface area (Å²) in [7, 11) is 1.49. The van der Waals surface area contributed by atoms with Gasteiger partial charge in [0, 0.05) is 18.4 Å². The van der Waals surface area contributed by atoms with Crippen LogP contribution in [0.2, 0.25) is 5.02 Å². The molecule has 1 aliphatic carbocycles. The Labute approximate surface area is 162 Å². The van der Waals surface area contributed by atoms with E-state index < -0.39 is 5.92 Å². The number of ether oxygens (including phenoxy) is 3. The number of nitriles is 1. The number of nitrogens with two attached hydrogens (primary N) is 1. The van der Waals surface area contributed by atoms with Crippen LogP contribution in [0.1, 0.15) is 30.7 Å². The van der Waals surface area contributed by atoms with E-state index in [0.717, 1.165) is 0 Å². The van der Waals surface area contributed by atoms with Gasteiger partial charge in [0.2, 0.25) is 5.88 Å². The molecule has 27 heavy (non-hydrogen) atoms. The van der Waals surface area contributed by atoms with E-state index in [0.29, 0.717) is 52.7 Å². The molecular weight excluding hydrogens is 368 g/mol. The highest BCUT2D eigenvalue weighted by molar-refractivity contribution is 6.32. The fraction of sp³-hybridized carbons (Fsp3) is 0.300. The molecule has 0 spiro atoms. The zero-order valence-corrected chi connectivity index (χ0v) is 15.6. The predicted octanol–water partition coefficient (Wildman–Crippen LogP) is 3.73. The van der Waals surface area contributed by atoms with Gasteiger partial charge in [-0.25, -0.2) is 0 Å². The second-order valence-corrected chi connectivity index (χ2v) is 6.58. The van der Waals surface area contributed by atoms with Gasteiger partial charge in [0.1, 0.15) is 24.0 Å². The van der Waals surface area contributed by atoms with Crippen molar-refractivity contribution in [1.29, 1.82) is 5.26 Å². The fourth-order valence-electron chi connectivity index (χ4n) is 3.38. The molecule has 7 heteroatoms. The van der Waals surface area contributed by atoms with Gasteiger partial charge in [-0.3, -0.25) is 4.79 Å². The van der Waals surface area contributed by atoms with Gasteiger partial charge in [0.15, 0.2) is 17.3 Å². The quantitative estimate of drug-likeness (QED) is 0.775. The molecule has 1 heterocycles. The number of allylic oxidation sites excluding steroid dienone is 3. The van der Waals surface area contributed by atoms with Crippen molar-refractivity contribution in [1.82, 2.24) is 0 Å². The van der Waals surface area contributed by atoms with Crippen LogP contribution in [-0.4, -0.2) is 19.5 Å². The number of nitrogens with zero attached hydrogens (tertiary/aromatic N) is 1. The molecule has 1 atom stereocenters. The van der Waals surface area contributed by atoms with Crippen LogP contribution in [-0.2, 0) is 9.53 Å². The SMILES string of the molecule is C=CCOc1c(Cl)cc([C@H]2C(C#N)=C(N)OC3=C2C(=O)CCC3)cc1OC. The highest BCUT2D eigenvalue weighted by Gasteiger charge is 2.38. The van der Waals surface area contributed by atoms with Crippen molar-refractivity contribution in [2.75, 3.05) is 13.7 Å². The number of methoxy groups -OCH3 is 1. The first kappa shape index (κ1) is 18.9. The standard InChI is InChI=1S/C20H19ClN2O4/c1-3-7-26-19-13(21)8-11(9-16(19)25-2)17-12(10-22)20(23)27-15-6-4-5-14(24)18(15)17/h3,8-9,17H,1,4-7,23H2,2H3/t17-/m0/s1. The summed E-state index contributed by atoms with van der Waals surface area (Å²) >= 11 is 6.41. The first-order valence-electron chi connectivity index (χ1n) is 8.46. The van der Waals surface area contributed by atoms with E-state index in [1.54, 1.807) is 18.2 Å². The van der Waals surface area contributed by atoms with Gasteiger partial charge in [-0.2, -0.15) is 5.26 Å². The van der Waals surface area contributed by atoms with Crippen LogP contribution in [0.25, 0.3) is 0 Å².